The lowest BCUT2D eigenvalue weighted by Gasteiger charge is -2.30. The Morgan fingerprint density at radius 3 is 3.06 bits per heavy atom. The first-order valence-electron chi connectivity index (χ1n) is 6.47. The molecule has 1 atom stereocenters. The van der Waals surface area contributed by atoms with Crippen LogP contribution in [-0.4, -0.2) is 43.3 Å². The van der Waals surface area contributed by atoms with E-state index in [1.807, 2.05) is 12.1 Å². The van der Waals surface area contributed by atoms with E-state index in [-0.39, 0.29) is 5.75 Å². The van der Waals surface area contributed by atoms with Crippen molar-refractivity contribution in [3.8, 4) is 11.5 Å². The molecule has 0 aliphatic carbocycles. The summed E-state index contributed by atoms with van der Waals surface area (Å²) in [6.45, 7) is 3.12. The molecular weight excluding hydrogens is 228 g/mol. The fourth-order valence-corrected chi connectivity index (χ4v) is 2.43. The van der Waals surface area contributed by atoms with Crippen LogP contribution in [0.5, 0.6) is 11.5 Å². The van der Waals surface area contributed by atoms with Crippen LogP contribution >= 0.6 is 0 Å². The summed E-state index contributed by atoms with van der Waals surface area (Å²) >= 11 is 0. The lowest BCUT2D eigenvalue weighted by Crippen LogP contribution is -2.43. The number of hydrogen-bond donors (Lipinski definition) is 2. The molecule has 1 aromatic carbocycles. The van der Waals surface area contributed by atoms with Crippen LogP contribution in [-0.2, 0) is 6.54 Å². The molecule has 2 rings (SSSR count). The summed E-state index contributed by atoms with van der Waals surface area (Å²) in [5.74, 6) is 0.730. The summed E-state index contributed by atoms with van der Waals surface area (Å²) in [5.41, 5.74) is 1.14. The standard InChI is InChI=1S/C14H22N2O2/c1-16-7-3-4-12(10-16)15-9-11-5-6-13(17)14(8-11)18-2/h5-6,8,12,15,17H,3-4,7,9-10H2,1-2H3. The van der Waals surface area contributed by atoms with Gasteiger partial charge in [0.1, 0.15) is 0 Å². The van der Waals surface area contributed by atoms with Crippen molar-refractivity contribution in [2.24, 2.45) is 0 Å². The van der Waals surface area contributed by atoms with Gasteiger partial charge in [0, 0.05) is 19.1 Å². The maximum absolute atomic E-state index is 9.53. The quantitative estimate of drug-likeness (QED) is 0.851. The highest BCUT2D eigenvalue weighted by molar-refractivity contribution is 5.41. The number of likely N-dealkylation sites (N-methyl/N-ethyl adjacent to an activating group) is 1. The predicted octanol–water partition coefficient (Wildman–Crippen LogP) is 1.58. The molecule has 0 radical (unpaired) electrons. The molecule has 0 bridgehead atoms. The van der Waals surface area contributed by atoms with Gasteiger partial charge in [0.25, 0.3) is 0 Å². The van der Waals surface area contributed by atoms with Gasteiger partial charge in [-0.05, 0) is 44.1 Å². The largest absolute Gasteiger partial charge is 0.504 e. The Kier molecular flexibility index (Phi) is 4.44. The van der Waals surface area contributed by atoms with Crippen molar-refractivity contribution in [2.75, 3.05) is 27.2 Å². The number of likely N-dealkylation sites (tertiary alicyclic amines) is 1. The molecule has 1 aromatic rings. The van der Waals surface area contributed by atoms with Gasteiger partial charge in [0.2, 0.25) is 0 Å². The summed E-state index contributed by atoms with van der Waals surface area (Å²) in [6.07, 6.45) is 2.49. The van der Waals surface area contributed by atoms with E-state index in [1.54, 1.807) is 13.2 Å². The van der Waals surface area contributed by atoms with Crippen molar-refractivity contribution in [2.45, 2.75) is 25.4 Å². The minimum atomic E-state index is 0.193. The van der Waals surface area contributed by atoms with Crippen molar-refractivity contribution in [1.29, 1.82) is 0 Å². The van der Waals surface area contributed by atoms with E-state index >= 15 is 0 Å². The van der Waals surface area contributed by atoms with Crippen LogP contribution in [0.25, 0.3) is 0 Å². The van der Waals surface area contributed by atoms with E-state index in [9.17, 15) is 5.11 Å². The van der Waals surface area contributed by atoms with Crippen LogP contribution in [0, 0.1) is 0 Å². The maximum Gasteiger partial charge on any atom is 0.160 e. The van der Waals surface area contributed by atoms with Crippen LogP contribution in [0.4, 0.5) is 0 Å². The third-order valence-corrected chi connectivity index (χ3v) is 3.46. The van der Waals surface area contributed by atoms with Crippen molar-refractivity contribution >= 4 is 0 Å². The zero-order chi connectivity index (χ0) is 13.0. The van der Waals surface area contributed by atoms with E-state index < -0.39 is 0 Å². The Morgan fingerprint density at radius 2 is 2.33 bits per heavy atom. The zero-order valence-electron chi connectivity index (χ0n) is 11.1. The number of hydrogen-bond acceptors (Lipinski definition) is 4. The first-order valence-corrected chi connectivity index (χ1v) is 6.47. The molecule has 18 heavy (non-hydrogen) atoms. The van der Waals surface area contributed by atoms with Crippen LogP contribution < -0.4 is 10.1 Å². The number of nitrogens with zero attached hydrogens (tertiary/aromatic N) is 1. The Balaban J connectivity index is 1.89. The molecule has 0 spiro atoms. The van der Waals surface area contributed by atoms with E-state index in [2.05, 4.69) is 17.3 Å². The lowest BCUT2D eigenvalue weighted by atomic mass is 10.1. The molecule has 1 fully saturated rings. The Labute approximate surface area is 109 Å². The minimum absolute atomic E-state index is 0.193. The number of nitrogens with one attached hydrogen (secondary N) is 1. The van der Waals surface area contributed by atoms with E-state index in [1.165, 1.54) is 19.4 Å². The fraction of sp³-hybridized carbons (Fsp3) is 0.571. The van der Waals surface area contributed by atoms with E-state index in [4.69, 9.17) is 4.74 Å². The van der Waals surface area contributed by atoms with Gasteiger partial charge in [0.05, 0.1) is 7.11 Å². The predicted molar refractivity (Wildman–Crippen MR) is 72.0 cm³/mol. The Hall–Kier alpha value is -1.26. The molecule has 1 saturated heterocycles. The summed E-state index contributed by atoms with van der Waals surface area (Å²) < 4.78 is 5.11. The van der Waals surface area contributed by atoms with Gasteiger partial charge in [-0.25, -0.2) is 0 Å². The van der Waals surface area contributed by atoms with Gasteiger partial charge in [-0.2, -0.15) is 0 Å². The molecule has 0 amide bonds. The number of rotatable bonds is 4. The lowest BCUT2D eigenvalue weighted by molar-refractivity contribution is 0.226. The topological polar surface area (TPSA) is 44.7 Å². The number of phenolic OH excluding ortho intramolecular Hbond substituents is 1. The SMILES string of the molecule is COc1cc(CNC2CCCN(C)C2)ccc1O. The first kappa shape index (κ1) is 13.2. The van der Waals surface area contributed by atoms with Crippen LogP contribution in [0.15, 0.2) is 18.2 Å². The molecule has 100 valence electrons. The number of methoxy groups -OCH3 is 1. The van der Waals surface area contributed by atoms with E-state index in [0.29, 0.717) is 11.8 Å². The highest BCUT2D eigenvalue weighted by Gasteiger charge is 2.16. The van der Waals surface area contributed by atoms with Gasteiger partial charge in [0.15, 0.2) is 11.5 Å². The highest BCUT2D eigenvalue weighted by atomic mass is 16.5. The second-order valence-electron chi connectivity index (χ2n) is 4.99. The summed E-state index contributed by atoms with van der Waals surface area (Å²) in [4.78, 5) is 2.36. The van der Waals surface area contributed by atoms with Crippen LogP contribution in [0.2, 0.25) is 0 Å². The molecule has 1 aliphatic rings. The minimum Gasteiger partial charge on any atom is -0.504 e. The van der Waals surface area contributed by atoms with Gasteiger partial charge in [-0.15, -0.1) is 0 Å². The summed E-state index contributed by atoms with van der Waals surface area (Å²) in [5, 5.41) is 13.1. The molecule has 0 saturated carbocycles. The zero-order valence-corrected chi connectivity index (χ0v) is 11.1. The molecule has 4 heteroatoms. The van der Waals surface area contributed by atoms with Crippen molar-refractivity contribution in [1.82, 2.24) is 10.2 Å². The molecule has 1 unspecified atom stereocenters. The first-order chi connectivity index (χ1) is 8.69. The van der Waals surface area contributed by atoms with Crippen molar-refractivity contribution in [3.63, 3.8) is 0 Å². The average Bonchev–Trinajstić information content (AvgIpc) is 2.38. The monoisotopic (exact) mass is 250 g/mol. The van der Waals surface area contributed by atoms with Gasteiger partial charge >= 0.3 is 0 Å². The normalized spacial score (nSPS) is 20.9. The van der Waals surface area contributed by atoms with Gasteiger partial charge < -0.3 is 20.1 Å². The van der Waals surface area contributed by atoms with Crippen molar-refractivity contribution < 1.29 is 9.84 Å². The maximum atomic E-state index is 9.53. The van der Waals surface area contributed by atoms with E-state index in [0.717, 1.165) is 18.7 Å². The highest BCUT2D eigenvalue weighted by Crippen LogP contribution is 2.26. The smallest absolute Gasteiger partial charge is 0.160 e. The molecule has 4 nitrogen and oxygen atoms in total. The number of ether oxygens (including phenoxy) is 1. The average molecular weight is 250 g/mol. The van der Waals surface area contributed by atoms with Crippen LogP contribution in [0.1, 0.15) is 18.4 Å². The molecule has 1 aliphatic heterocycles. The second kappa shape index (κ2) is 6.07. The Morgan fingerprint density at radius 1 is 1.50 bits per heavy atom. The molecule has 2 N–H and O–H groups in total. The van der Waals surface area contributed by atoms with Crippen molar-refractivity contribution in [3.05, 3.63) is 23.8 Å². The van der Waals surface area contributed by atoms with Gasteiger partial charge in [-0.1, -0.05) is 6.07 Å². The molecule has 1 heterocycles. The van der Waals surface area contributed by atoms with Crippen LogP contribution in [0.3, 0.4) is 0 Å². The number of aromatic hydroxyl groups is 1. The summed E-state index contributed by atoms with van der Waals surface area (Å²) in [6, 6.07) is 6.05. The fourth-order valence-electron chi connectivity index (χ4n) is 2.43. The summed E-state index contributed by atoms with van der Waals surface area (Å²) in [7, 11) is 3.74. The number of piperidine rings is 1. The number of phenols is 1. The number of benzene rings is 1. The molecule has 0 aromatic heterocycles. The Bertz CT molecular complexity index is 395. The third-order valence-electron chi connectivity index (χ3n) is 3.46. The van der Waals surface area contributed by atoms with Gasteiger partial charge in [-0.3, -0.25) is 0 Å². The molecular formula is C14H22N2O2. The third kappa shape index (κ3) is 3.37. The second-order valence-corrected chi connectivity index (χ2v) is 4.99.